The van der Waals surface area contributed by atoms with E-state index in [-0.39, 0.29) is 12.4 Å². The van der Waals surface area contributed by atoms with E-state index in [2.05, 4.69) is 20.8 Å². The predicted molar refractivity (Wildman–Crippen MR) is 69.2 cm³/mol. The summed E-state index contributed by atoms with van der Waals surface area (Å²) in [4.78, 5) is 10.9. The number of hydrogen-bond donors (Lipinski definition) is 0. The van der Waals surface area contributed by atoms with Gasteiger partial charge in [0, 0.05) is 0 Å². The number of para-hydroxylation sites is 1. The number of quaternary nitrogens is 1. The third kappa shape index (κ3) is 4.00. The Morgan fingerprint density at radius 2 is 1.67 bits per heavy atom. The summed E-state index contributed by atoms with van der Waals surface area (Å²) in [5, 5.41) is 0. The van der Waals surface area contributed by atoms with Crippen molar-refractivity contribution in [3.63, 3.8) is 0 Å². The van der Waals surface area contributed by atoms with Gasteiger partial charge in [-0.15, -0.1) is 0 Å². The Kier molecular flexibility index (Phi) is 7.64. The second kappa shape index (κ2) is 8.11. The summed E-state index contributed by atoms with van der Waals surface area (Å²) in [5.74, 6) is 0.681. The van der Waals surface area contributed by atoms with Crippen LogP contribution in [0.5, 0.6) is 5.75 Å². The minimum Gasteiger partial charge on any atom is -1.00 e. The first-order valence-corrected chi connectivity index (χ1v) is 6.23. The van der Waals surface area contributed by atoms with Crippen LogP contribution in [-0.4, -0.2) is 37.1 Å². The lowest BCUT2D eigenvalue weighted by Gasteiger charge is -2.35. The third-order valence-corrected chi connectivity index (χ3v) is 3.55. The van der Waals surface area contributed by atoms with Crippen LogP contribution in [0.3, 0.4) is 0 Å². The minimum atomic E-state index is 0. The molecule has 1 aromatic carbocycles. The van der Waals surface area contributed by atoms with E-state index < -0.39 is 0 Å². The van der Waals surface area contributed by atoms with Crippen molar-refractivity contribution < 1.29 is 26.4 Å². The van der Waals surface area contributed by atoms with E-state index in [1.807, 2.05) is 18.2 Å². The van der Waals surface area contributed by atoms with Crippen LogP contribution in [0.1, 0.15) is 31.1 Å². The van der Waals surface area contributed by atoms with Crippen LogP contribution < -0.4 is 17.1 Å². The van der Waals surface area contributed by atoms with E-state index >= 15 is 0 Å². The zero-order valence-corrected chi connectivity index (χ0v) is 12.1. The second-order valence-electron chi connectivity index (χ2n) is 4.22. The van der Waals surface area contributed by atoms with E-state index in [0.717, 1.165) is 30.4 Å². The summed E-state index contributed by atoms with van der Waals surface area (Å²) in [6.45, 7) is 10.2. The fourth-order valence-electron chi connectivity index (χ4n) is 1.86. The van der Waals surface area contributed by atoms with Gasteiger partial charge in [0.1, 0.15) is 5.75 Å². The molecule has 102 valence electrons. The molecule has 0 aliphatic heterocycles. The van der Waals surface area contributed by atoms with Gasteiger partial charge >= 0.3 is 0 Å². The fourth-order valence-corrected chi connectivity index (χ4v) is 1.86. The second-order valence-corrected chi connectivity index (χ2v) is 4.22. The van der Waals surface area contributed by atoms with Crippen molar-refractivity contribution in [2.24, 2.45) is 0 Å². The van der Waals surface area contributed by atoms with Gasteiger partial charge in [-0.3, -0.25) is 9.28 Å². The molecule has 1 rings (SSSR count). The standard InChI is InChI=1S/C14H22NO2.ClH/c1-4-15(5-2,6-3)12-17-14-10-8-7-9-13(14)11-16;/h7-11H,4-6,12H2,1-3H3;1H/q+1;/p-1. The number of benzene rings is 1. The number of aldehydes is 1. The summed E-state index contributed by atoms with van der Waals surface area (Å²) in [6.07, 6.45) is 0.841. The molecule has 0 amide bonds. The zero-order chi connectivity index (χ0) is 12.7. The van der Waals surface area contributed by atoms with Crippen LogP contribution in [0, 0.1) is 0 Å². The van der Waals surface area contributed by atoms with E-state index in [1.165, 1.54) is 0 Å². The largest absolute Gasteiger partial charge is 1.00 e. The highest BCUT2D eigenvalue weighted by molar-refractivity contribution is 5.79. The van der Waals surface area contributed by atoms with E-state index in [0.29, 0.717) is 18.0 Å². The summed E-state index contributed by atoms with van der Waals surface area (Å²) in [5.41, 5.74) is 0.619. The molecule has 0 fully saturated rings. The smallest absolute Gasteiger partial charge is 0.224 e. The third-order valence-electron chi connectivity index (χ3n) is 3.55. The summed E-state index contributed by atoms with van der Waals surface area (Å²) < 4.78 is 6.72. The van der Waals surface area contributed by atoms with Gasteiger partial charge < -0.3 is 17.1 Å². The molecule has 0 bridgehead atoms. The van der Waals surface area contributed by atoms with Crippen LogP contribution >= 0.6 is 0 Å². The van der Waals surface area contributed by atoms with Gasteiger partial charge in [0.25, 0.3) is 0 Å². The molecule has 0 aromatic heterocycles. The minimum absolute atomic E-state index is 0. The molecule has 0 radical (unpaired) electrons. The summed E-state index contributed by atoms with van der Waals surface area (Å²) >= 11 is 0. The monoisotopic (exact) mass is 271 g/mol. The first-order chi connectivity index (χ1) is 8.21. The van der Waals surface area contributed by atoms with Crippen LogP contribution in [0.25, 0.3) is 0 Å². The van der Waals surface area contributed by atoms with Crippen molar-refractivity contribution >= 4 is 6.29 Å². The highest BCUT2D eigenvalue weighted by Crippen LogP contribution is 2.17. The highest BCUT2D eigenvalue weighted by atomic mass is 35.5. The summed E-state index contributed by atoms with van der Waals surface area (Å²) in [7, 11) is 0. The number of halogens is 1. The molecule has 1 aromatic rings. The Hall–Kier alpha value is -1.06. The zero-order valence-electron chi connectivity index (χ0n) is 11.4. The van der Waals surface area contributed by atoms with Crippen LogP contribution in [-0.2, 0) is 0 Å². The molecular formula is C14H22ClNO2. The normalized spacial score (nSPS) is 10.6. The molecule has 0 aliphatic carbocycles. The van der Waals surface area contributed by atoms with Crippen LogP contribution in [0.2, 0.25) is 0 Å². The van der Waals surface area contributed by atoms with Crippen LogP contribution in [0.15, 0.2) is 24.3 Å². The van der Waals surface area contributed by atoms with Crippen molar-refractivity contribution in [3.05, 3.63) is 29.8 Å². The van der Waals surface area contributed by atoms with E-state index in [1.54, 1.807) is 6.07 Å². The van der Waals surface area contributed by atoms with Crippen LogP contribution in [0.4, 0.5) is 0 Å². The van der Waals surface area contributed by atoms with Gasteiger partial charge in [0.2, 0.25) is 6.73 Å². The number of hydrogen-bond acceptors (Lipinski definition) is 2. The quantitative estimate of drug-likeness (QED) is 0.387. The van der Waals surface area contributed by atoms with Crippen molar-refractivity contribution in [2.75, 3.05) is 26.4 Å². The Balaban J connectivity index is 0.00000289. The maximum Gasteiger partial charge on any atom is 0.224 e. The molecule has 0 saturated carbocycles. The number of nitrogens with zero attached hydrogens (tertiary/aromatic N) is 1. The van der Waals surface area contributed by atoms with Gasteiger partial charge in [-0.05, 0) is 32.9 Å². The molecule has 0 atom stereocenters. The Morgan fingerprint density at radius 3 is 2.17 bits per heavy atom. The highest BCUT2D eigenvalue weighted by Gasteiger charge is 2.21. The molecule has 3 nitrogen and oxygen atoms in total. The van der Waals surface area contributed by atoms with E-state index in [4.69, 9.17) is 4.74 Å². The van der Waals surface area contributed by atoms with Crippen molar-refractivity contribution in [3.8, 4) is 5.75 Å². The number of rotatable bonds is 7. The van der Waals surface area contributed by atoms with Gasteiger partial charge in [0.05, 0.1) is 25.2 Å². The molecule has 4 heteroatoms. The lowest BCUT2D eigenvalue weighted by molar-refractivity contribution is -0.937. The predicted octanol–water partition coefficient (Wildman–Crippen LogP) is -0.284. The molecule has 0 spiro atoms. The van der Waals surface area contributed by atoms with Gasteiger partial charge in [-0.2, -0.15) is 0 Å². The van der Waals surface area contributed by atoms with Gasteiger partial charge in [-0.25, -0.2) is 0 Å². The molecular weight excluding hydrogens is 250 g/mol. The number of carbonyl (C=O) groups is 1. The Bertz CT molecular complexity index is 356. The molecule has 18 heavy (non-hydrogen) atoms. The number of carbonyl (C=O) groups excluding carboxylic acids is 1. The van der Waals surface area contributed by atoms with Crippen molar-refractivity contribution in [1.82, 2.24) is 0 Å². The molecule has 0 unspecified atom stereocenters. The number of ether oxygens (including phenoxy) is 1. The maximum atomic E-state index is 10.9. The molecule has 0 heterocycles. The lowest BCUT2D eigenvalue weighted by atomic mass is 10.2. The molecule has 0 saturated heterocycles. The SMILES string of the molecule is CC[N+](CC)(CC)COc1ccccc1C=O.[Cl-]. The van der Waals surface area contributed by atoms with E-state index in [9.17, 15) is 4.79 Å². The Morgan fingerprint density at radius 1 is 1.11 bits per heavy atom. The van der Waals surface area contributed by atoms with Crippen molar-refractivity contribution in [2.45, 2.75) is 20.8 Å². The van der Waals surface area contributed by atoms with Crippen molar-refractivity contribution in [1.29, 1.82) is 0 Å². The molecule has 0 aliphatic rings. The van der Waals surface area contributed by atoms with Gasteiger partial charge in [-0.1, -0.05) is 12.1 Å². The Labute approximate surface area is 116 Å². The topological polar surface area (TPSA) is 26.3 Å². The first-order valence-electron chi connectivity index (χ1n) is 6.23. The first kappa shape index (κ1) is 16.9. The maximum absolute atomic E-state index is 10.9. The lowest BCUT2D eigenvalue weighted by Crippen LogP contribution is -3.00. The fraction of sp³-hybridized carbons (Fsp3) is 0.500. The average Bonchev–Trinajstić information content (AvgIpc) is 2.41. The summed E-state index contributed by atoms with van der Waals surface area (Å²) in [6, 6.07) is 7.36. The average molecular weight is 272 g/mol. The molecule has 0 N–H and O–H groups in total. The van der Waals surface area contributed by atoms with Gasteiger partial charge in [0.15, 0.2) is 6.29 Å².